The first-order chi connectivity index (χ1) is 12.7. The van der Waals surface area contributed by atoms with Gasteiger partial charge in [0.1, 0.15) is 0 Å². The van der Waals surface area contributed by atoms with Crippen LogP contribution in [0.3, 0.4) is 0 Å². The lowest BCUT2D eigenvalue weighted by molar-refractivity contribution is 0.615. The van der Waals surface area contributed by atoms with E-state index in [2.05, 4.69) is 39.1 Å². The first-order valence-corrected chi connectivity index (χ1v) is 15.4. The molecule has 0 heterocycles. The van der Waals surface area contributed by atoms with E-state index in [9.17, 15) is 0 Å². The van der Waals surface area contributed by atoms with Crippen molar-refractivity contribution >= 4 is 8.07 Å². The highest BCUT2D eigenvalue weighted by molar-refractivity contribution is 6.83. The fraction of sp³-hybridized carbons (Fsp3) is 0.920. The van der Waals surface area contributed by atoms with Crippen LogP contribution in [0.15, 0.2) is 11.8 Å². The monoisotopic (exact) mass is 380 g/mol. The molecule has 1 heteroatoms. The van der Waals surface area contributed by atoms with E-state index in [1.54, 1.807) is 12.1 Å². The van der Waals surface area contributed by atoms with Gasteiger partial charge >= 0.3 is 0 Å². The SMILES string of the molecule is CCCCCC/C=C/[Si](C)(CCCCCCCC)CCCCCCCC. The molecule has 0 radical (unpaired) electrons. The zero-order valence-electron chi connectivity index (χ0n) is 19.1. The Morgan fingerprint density at radius 2 is 0.885 bits per heavy atom. The molecule has 0 spiro atoms. The highest BCUT2D eigenvalue weighted by atomic mass is 28.3. The molecule has 0 aliphatic rings. The summed E-state index contributed by atoms with van der Waals surface area (Å²) in [5, 5.41) is 0. The van der Waals surface area contributed by atoms with Gasteiger partial charge in [-0.1, -0.05) is 147 Å². The van der Waals surface area contributed by atoms with Crippen LogP contribution in [0, 0.1) is 0 Å². The highest BCUT2D eigenvalue weighted by Crippen LogP contribution is 2.25. The number of allylic oxidation sites excluding steroid dienone is 1. The Hall–Kier alpha value is -0.0431. The molecular weight excluding hydrogens is 328 g/mol. The summed E-state index contributed by atoms with van der Waals surface area (Å²) in [5.74, 6) is 0. The first kappa shape index (κ1) is 26.0. The Bertz CT molecular complexity index is 279. The van der Waals surface area contributed by atoms with E-state index in [0.29, 0.717) is 0 Å². The van der Waals surface area contributed by atoms with Crippen LogP contribution in [-0.2, 0) is 0 Å². The van der Waals surface area contributed by atoms with E-state index in [1.807, 2.05) is 0 Å². The fourth-order valence-corrected chi connectivity index (χ4v) is 7.40. The number of hydrogen-bond donors (Lipinski definition) is 0. The molecule has 0 amide bonds. The fourth-order valence-electron chi connectivity index (χ4n) is 3.97. The Balaban J connectivity index is 4.16. The molecular formula is C25H52Si. The topological polar surface area (TPSA) is 0 Å². The summed E-state index contributed by atoms with van der Waals surface area (Å²) in [6.45, 7) is 9.61. The Morgan fingerprint density at radius 1 is 0.500 bits per heavy atom. The summed E-state index contributed by atoms with van der Waals surface area (Å²) < 4.78 is 0. The summed E-state index contributed by atoms with van der Waals surface area (Å²) in [4.78, 5) is 0. The van der Waals surface area contributed by atoms with E-state index < -0.39 is 8.07 Å². The standard InChI is InChI=1S/C25H52Si/c1-5-8-11-14-17-20-23-26(4,24-21-18-15-12-9-6-2)25-22-19-16-13-10-7-3/h20,23H,5-19,21-22,24-25H2,1-4H3/b23-20+. The Kier molecular flexibility index (Phi) is 19.7. The van der Waals surface area contributed by atoms with Crippen molar-refractivity contribution in [1.82, 2.24) is 0 Å². The summed E-state index contributed by atoms with van der Waals surface area (Å²) in [7, 11) is -1.14. The maximum Gasteiger partial charge on any atom is 0.0743 e. The van der Waals surface area contributed by atoms with Crippen molar-refractivity contribution in [2.75, 3.05) is 0 Å². The van der Waals surface area contributed by atoms with Gasteiger partial charge in [0.05, 0.1) is 8.07 Å². The third-order valence-electron chi connectivity index (χ3n) is 5.95. The number of unbranched alkanes of at least 4 members (excludes halogenated alkanes) is 14. The van der Waals surface area contributed by atoms with Gasteiger partial charge in [-0.05, 0) is 12.8 Å². The largest absolute Gasteiger partial charge is 0.0984 e. The van der Waals surface area contributed by atoms with Crippen LogP contribution in [-0.4, -0.2) is 8.07 Å². The summed E-state index contributed by atoms with van der Waals surface area (Å²) >= 11 is 0. The van der Waals surface area contributed by atoms with Crippen LogP contribution >= 0.6 is 0 Å². The zero-order chi connectivity index (χ0) is 19.3. The average molecular weight is 381 g/mol. The minimum Gasteiger partial charge on any atom is -0.0984 e. The molecule has 0 aromatic rings. The second-order valence-electron chi connectivity index (χ2n) is 8.94. The van der Waals surface area contributed by atoms with Crippen molar-refractivity contribution in [2.45, 2.75) is 149 Å². The molecule has 0 aliphatic carbocycles. The molecule has 0 aromatic carbocycles. The summed E-state index contributed by atoms with van der Waals surface area (Å²) in [6, 6.07) is 3.08. The molecule has 0 N–H and O–H groups in total. The molecule has 0 nitrogen and oxygen atoms in total. The van der Waals surface area contributed by atoms with Gasteiger partial charge in [-0.3, -0.25) is 0 Å². The van der Waals surface area contributed by atoms with Crippen LogP contribution in [0.25, 0.3) is 0 Å². The van der Waals surface area contributed by atoms with Gasteiger partial charge in [-0.15, -0.1) is 0 Å². The third kappa shape index (κ3) is 17.4. The van der Waals surface area contributed by atoms with Gasteiger partial charge in [0, 0.05) is 0 Å². The molecule has 0 fully saturated rings. The van der Waals surface area contributed by atoms with Crippen molar-refractivity contribution < 1.29 is 0 Å². The highest BCUT2D eigenvalue weighted by Gasteiger charge is 2.22. The van der Waals surface area contributed by atoms with E-state index in [1.165, 1.54) is 109 Å². The van der Waals surface area contributed by atoms with Crippen LogP contribution in [0.5, 0.6) is 0 Å². The van der Waals surface area contributed by atoms with E-state index in [0.717, 1.165) is 0 Å². The van der Waals surface area contributed by atoms with Crippen LogP contribution < -0.4 is 0 Å². The van der Waals surface area contributed by atoms with Crippen molar-refractivity contribution in [1.29, 1.82) is 0 Å². The van der Waals surface area contributed by atoms with E-state index >= 15 is 0 Å². The second-order valence-corrected chi connectivity index (χ2v) is 13.6. The molecule has 0 atom stereocenters. The van der Waals surface area contributed by atoms with Crippen molar-refractivity contribution in [2.24, 2.45) is 0 Å². The average Bonchev–Trinajstić information content (AvgIpc) is 2.64. The molecule has 0 aromatic heterocycles. The number of rotatable bonds is 20. The Labute approximate surface area is 168 Å². The normalized spacial score (nSPS) is 12.3. The molecule has 0 saturated carbocycles. The quantitative estimate of drug-likeness (QED) is 0.145. The molecule has 0 unspecified atom stereocenters. The van der Waals surface area contributed by atoms with Crippen molar-refractivity contribution in [3.63, 3.8) is 0 Å². The van der Waals surface area contributed by atoms with Gasteiger partial charge in [0.15, 0.2) is 0 Å². The lowest BCUT2D eigenvalue weighted by Gasteiger charge is -2.24. The predicted molar refractivity (Wildman–Crippen MR) is 126 cm³/mol. The maximum atomic E-state index is 2.75. The smallest absolute Gasteiger partial charge is 0.0743 e. The Morgan fingerprint density at radius 3 is 1.35 bits per heavy atom. The molecule has 156 valence electrons. The van der Waals surface area contributed by atoms with Crippen molar-refractivity contribution in [3.05, 3.63) is 11.8 Å². The molecule has 0 aliphatic heterocycles. The van der Waals surface area contributed by atoms with E-state index in [4.69, 9.17) is 0 Å². The van der Waals surface area contributed by atoms with Gasteiger partial charge in [0.2, 0.25) is 0 Å². The lowest BCUT2D eigenvalue weighted by atomic mass is 10.1. The number of hydrogen-bond acceptors (Lipinski definition) is 0. The first-order valence-electron chi connectivity index (χ1n) is 12.4. The molecule has 0 bridgehead atoms. The minimum absolute atomic E-state index is 1.14. The zero-order valence-corrected chi connectivity index (χ0v) is 20.1. The second kappa shape index (κ2) is 19.7. The van der Waals surface area contributed by atoms with Gasteiger partial charge in [-0.25, -0.2) is 0 Å². The van der Waals surface area contributed by atoms with Crippen LogP contribution in [0.4, 0.5) is 0 Å². The molecule has 0 rings (SSSR count). The maximum absolute atomic E-state index is 2.75. The lowest BCUT2D eigenvalue weighted by Crippen LogP contribution is -2.27. The van der Waals surface area contributed by atoms with Crippen molar-refractivity contribution in [3.8, 4) is 0 Å². The predicted octanol–water partition coefficient (Wildman–Crippen LogP) is 9.85. The molecule has 26 heavy (non-hydrogen) atoms. The molecule has 0 saturated heterocycles. The van der Waals surface area contributed by atoms with Gasteiger partial charge < -0.3 is 0 Å². The minimum atomic E-state index is -1.14. The van der Waals surface area contributed by atoms with Crippen LogP contribution in [0.2, 0.25) is 18.6 Å². The van der Waals surface area contributed by atoms with E-state index in [-0.39, 0.29) is 0 Å². The van der Waals surface area contributed by atoms with Gasteiger partial charge in [0.25, 0.3) is 0 Å². The summed E-state index contributed by atoms with van der Waals surface area (Å²) in [6.07, 6.45) is 26.9. The van der Waals surface area contributed by atoms with Gasteiger partial charge in [-0.2, -0.15) is 0 Å². The van der Waals surface area contributed by atoms with Crippen LogP contribution in [0.1, 0.15) is 130 Å². The third-order valence-corrected chi connectivity index (χ3v) is 9.98. The summed E-state index contributed by atoms with van der Waals surface area (Å²) in [5.41, 5.74) is 2.75.